The molecule has 2 rings (SSSR count). The number of piperidine rings is 1. The van der Waals surface area contributed by atoms with E-state index < -0.39 is 0 Å². The van der Waals surface area contributed by atoms with Gasteiger partial charge in [0.25, 0.3) is 0 Å². The molecule has 0 radical (unpaired) electrons. The Hall–Kier alpha value is -0.810. The highest BCUT2D eigenvalue weighted by atomic mass is 35.5. The van der Waals surface area contributed by atoms with E-state index in [9.17, 15) is 4.79 Å². The first-order valence-corrected chi connectivity index (χ1v) is 8.37. The lowest BCUT2D eigenvalue weighted by molar-refractivity contribution is -0.121. The molecule has 1 aliphatic heterocycles. The third-order valence-corrected chi connectivity index (χ3v) is 4.44. The molecule has 1 aliphatic rings. The van der Waals surface area contributed by atoms with Crippen LogP contribution < -0.4 is 11.1 Å². The van der Waals surface area contributed by atoms with Crippen LogP contribution in [0.5, 0.6) is 0 Å². The molecule has 0 aromatic heterocycles. The summed E-state index contributed by atoms with van der Waals surface area (Å²) in [6.45, 7) is 7.04. The summed E-state index contributed by atoms with van der Waals surface area (Å²) in [6, 6.07) is 10.6. The molecule has 0 spiro atoms. The van der Waals surface area contributed by atoms with Crippen LogP contribution in [0.15, 0.2) is 30.3 Å². The second kappa shape index (κ2) is 11.7. The van der Waals surface area contributed by atoms with E-state index in [2.05, 4.69) is 41.4 Å². The molecule has 3 N–H and O–H groups in total. The topological polar surface area (TPSA) is 58.4 Å². The van der Waals surface area contributed by atoms with Gasteiger partial charge in [-0.25, -0.2) is 0 Å². The lowest BCUT2D eigenvalue weighted by Gasteiger charge is -2.37. The maximum absolute atomic E-state index is 11.9. The number of carbonyl (C=O) groups excluding carboxylic acids is 1. The van der Waals surface area contributed by atoms with E-state index in [0.29, 0.717) is 13.0 Å². The average molecular weight is 376 g/mol. The molecule has 6 heteroatoms. The fourth-order valence-electron chi connectivity index (χ4n) is 3.05. The molecular weight excluding hydrogens is 345 g/mol. The van der Waals surface area contributed by atoms with E-state index >= 15 is 0 Å². The third-order valence-electron chi connectivity index (χ3n) is 4.44. The van der Waals surface area contributed by atoms with E-state index in [-0.39, 0.29) is 42.8 Å². The van der Waals surface area contributed by atoms with Crippen LogP contribution in [0.1, 0.15) is 44.7 Å². The third kappa shape index (κ3) is 7.39. The highest BCUT2D eigenvalue weighted by molar-refractivity contribution is 5.85. The second-order valence-corrected chi connectivity index (χ2v) is 6.63. The summed E-state index contributed by atoms with van der Waals surface area (Å²) in [5.41, 5.74) is 6.97. The van der Waals surface area contributed by atoms with Crippen LogP contribution in [0.25, 0.3) is 0 Å². The fourth-order valence-corrected chi connectivity index (χ4v) is 3.05. The number of hydrogen-bond acceptors (Lipinski definition) is 3. The van der Waals surface area contributed by atoms with Crippen molar-refractivity contribution >= 4 is 30.7 Å². The van der Waals surface area contributed by atoms with Crippen molar-refractivity contribution in [2.24, 2.45) is 11.7 Å². The minimum absolute atomic E-state index is 0. The largest absolute Gasteiger partial charge is 0.354 e. The number of halogens is 2. The smallest absolute Gasteiger partial charge is 0.221 e. The van der Waals surface area contributed by atoms with Crippen molar-refractivity contribution in [3.8, 4) is 0 Å². The van der Waals surface area contributed by atoms with Crippen molar-refractivity contribution in [1.29, 1.82) is 0 Å². The van der Waals surface area contributed by atoms with Gasteiger partial charge >= 0.3 is 0 Å². The standard InChI is InChI=1S/C18H29N3O.2ClH/c1-14-8-10-21(11-9-14)17(16-6-4-3-5-7-16)13-20-18(22)12-15(2)19;;/h3-7,14-15,17H,8-13,19H2,1-2H3,(H,20,22);2*1H. The zero-order valence-corrected chi connectivity index (χ0v) is 16.2. The predicted octanol–water partition coefficient (Wildman–Crippen LogP) is 3.16. The van der Waals surface area contributed by atoms with Gasteiger partial charge in [0.2, 0.25) is 5.91 Å². The van der Waals surface area contributed by atoms with Gasteiger partial charge in [0, 0.05) is 19.0 Å². The molecule has 138 valence electrons. The summed E-state index contributed by atoms with van der Waals surface area (Å²) in [6.07, 6.45) is 2.85. The average Bonchev–Trinajstić information content (AvgIpc) is 2.49. The van der Waals surface area contributed by atoms with Crippen LogP contribution in [0.3, 0.4) is 0 Å². The second-order valence-electron chi connectivity index (χ2n) is 6.63. The van der Waals surface area contributed by atoms with E-state index in [1.165, 1.54) is 18.4 Å². The van der Waals surface area contributed by atoms with Crippen molar-refractivity contribution in [2.45, 2.75) is 45.2 Å². The van der Waals surface area contributed by atoms with Gasteiger partial charge < -0.3 is 11.1 Å². The van der Waals surface area contributed by atoms with E-state index in [0.717, 1.165) is 19.0 Å². The van der Waals surface area contributed by atoms with Gasteiger partial charge in [-0.3, -0.25) is 9.69 Å². The molecule has 1 aromatic carbocycles. The molecule has 0 aliphatic carbocycles. The Morgan fingerprint density at radius 3 is 2.38 bits per heavy atom. The molecule has 0 bridgehead atoms. The van der Waals surface area contributed by atoms with E-state index in [1.807, 2.05) is 13.0 Å². The maximum Gasteiger partial charge on any atom is 0.221 e. The van der Waals surface area contributed by atoms with Gasteiger partial charge in [0.1, 0.15) is 0 Å². The first-order valence-electron chi connectivity index (χ1n) is 8.37. The number of nitrogens with zero attached hydrogens (tertiary/aromatic N) is 1. The Bertz CT molecular complexity index is 463. The van der Waals surface area contributed by atoms with Gasteiger partial charge in [-0.2, -0.15) is 0 Å². The summed E-state index contributed by atoms with van der Waals surface area (Å²) in [4.78, 5) is 14.4. The number of nitrogens with two attached hydrogens (primary N) is 1. The summed E-state index contributed by atoms with van der Waals surface area (Å²) in [5, 5.41) is 3.06. The summed E-state index contributed by atoms with van der Waals surface area (Å²) in [5.74, 6) is 0.849. The summed E-state index contributed by atoms with van der Waals surface area (Å²) < 4.78 is 0. The molecule has 24 heavy (non-hydrogen) atoms. The van der Waals surface area contributed by atoms with Crippen LogP contribution in [0.2, 0.25) is 0 Å². The molecule has 0 saturated carbocycles. The molecule has 2 unspecified atom stereocenters. The quantitative estimate of drug-likeness (QED) is 0.802. The number of likely N-dealkylation sites (tertiary alicyclic amines) is 1. The van der Waals surface area contributed by atoms with Crippen LogP contribution in [0, 0.1) is 5.92 Å². The van der Waals surface area contributed by atoms with Gasteiger partial charge in [-0.15, -0.1) is 24.8 Å². The predicted molar refractivity (Wildman–Crippen MR) is 105 cm³/mol. The summed E-state index contributed by atoms with van der Waals surface area (Å²) in [7, 11) is 0. The molecule has 1 fully saturated rings. The Labute approximate surface area is 158 Å². The molecule has 1 heterocycles. The van der Waals surface area contributed by atoms with Crippen LogP contribution >= 0.6 is 24.8 Å². The Kier molecular flexibility index (Phi) is 11.3. The Morgan fingerprint density at radius 2 is 1.83 bits per heavy atom. The zero-order chi connectivity index (χ0) is 15.9. The lowest BCUT2D eigenvalue weighted by atomic mass is 9.95. The SMILES string of the molecule is CC(N)CC(=O)NCC(c1ccccc1)N1CCC(C)CC1.Cl.Cl. The molecule has 1 saturated heterocycles. The first-order chi connectivity index (χ1) is 10.6. The minimum atomic E-state index is -0.0917. The molecule has 2 atom stereocenters. The normalized spacial score (nSPS) is 18.0. The molecule has 1 amide bonds. The maximum atomic E-state index is 11.9. The molecule has 4 nitrogen and oxygen atoms in total. The van der Waals surface area contributed by atoms with Crippen molar-refractivity contribution < 1.29 is 4.79 Å². The summed E-state index contributed by atoms with van der Waals surface area (Å²) >= 11 is 0. The Morgan fingerprint density at radius 1 is 1.25 bits per heavy atom. The first kappa shape index (κ1) is 23.2. The number of nitrogens with one attached hydrogen (secondary N) is 1. The number of benzene rings is 1. The van der Waals surface area contributed by atoms with Crippen LogP contribution in [0.4, 0.5) is 0 Å². The van der Waals surface area contributed by atoms with Crippen LogP contribution in [-0.4, -0.2) is 36.5 Å². The minimum Gasteiger partial charge on any atom is -0.354 e. The molecular formula is C18H31Cl2N3O. The highest BCUT2D eigenvalue weighted by Gasteiger charge is 2.24. The lowest BCUT2D eigenvalue weighted by Crippen LogP contribution is -2.42. The van der Waals surface area contributed by atoms with Crippen LogP contribution in [-0.2, 0) is 4.79 Å². The van der Waals surface area contributed by atoms with Gasteiger partial charge in [0.05, 0.1) is 6.04 Å². The monoisotopic (exact) mass is 375 g/mol. The Balaban J connectivity index is 0.00000264. The van der Waals surface area contributed by atoms with Crippen molar-refractivity contribution in [3.05, 3.63) is 35.9 Å². The van der Waals surface area contributed by atoms with Gasteiger partial charge in [-0.05, 0) is 44.3 Å². The number of carbonyl (C=O) groups is 1. The van der Waals surface area contributed by atoms with E-state index in [4.69, 9.17) is 5.73 Å². The van der Waals surface area contributed by atoms with Crippen molar-refractivity contribution in [1.82, 2.24) is 10.2 Å². The number of hydrogen-bond donors (Lipinski definition) is 2. The number of rotatable bonds is 6. The van der Waals surface area contributed by atoms with Gasteiger partial charge in [0.15, 0.2) is 0 Å². The zero-order valence-electron chi connectivity index (χ0n) is 14.6. The molecule has 1 aromatic rings. The highest BCUT2D eigenvalue weighted by Crippen LogP contribution is 2.26. The van der Waals surface area contributed by atoms with E-state index in [1.54, 1.807) is 0 Å². The van der Waals surface area contributed by atoms with Crippen molar-refractivity contribution in [3.63, 3.8) is 0 Å². The fraction of sp³-hybridized carbons (Fsp3) is 0.611. The number of amides is 1. The van der Waals surface area contributed by atoms with Crippen molar-refractivity contribution in [2.75, 3.05) is 19.6 Å². The van der Waals surface area contributed by atoms with Gasteiger partial charge in [-0.1, -0.05) is 37.3 Å².